The van der Waals surface area contributed by atoms with Crippen LogP contribution in [0.2, 0.25) is 10.0 Å². The fourth-order valence-electron chi connectivity index (χ4n) is 3.65. The molecule has 0 saturated carbocycles. The van der Waals surface area contributed by atoms with Crippen LogP contribution < -0.4 is 16.2 Å². The van der Waals surface area contributed by atoms with Gasteiger partial charge in [0.2, 0.25) is 0 Å². The molecule has 146 valence electrons. The SMILES string of the molecule is Cn1cnc2ccc(N[C@@]3(c4c(F)ccc(Cl)c4Cl)CCNC3)c(F)c2c1=O. The van der Waals surface area contributed by atoms with Gasteiger partial charge in [0.25, 0.3) is 5.56 Å². The number of halogens is 4. The van der Waals surface area contributed by atoms with E-state index in [0.29, 0.717) is 19.5 Å². The minimum atomic E-state index is -1.02. The topological polar surface area (TPSA) is 59.0 Å². The van der Waals surface area contributed by atoms with Crippen LogP contribution in [0.15, 0.2) is 35.4 Å². The molecule has 0 unspecified atom stereocenters. The summed E-state index contributed by atoms with van der Waals surface area (Å²) in [5, 5.41) is 6.40. The van der Waals surface area contributed by atoms with Crippen molar-refractivity contribution in [3.8, 4) is 0 Å². The molecule has 1 saturated heterocycles. The maximum Gasteiger partial charge on any atom is 0.263 e. The molecule has 2 aromatic carbocycles. The Labute approximate surface area is 169 Å². The Kier molecular flexibility index (Phi) is 4.77. The first kappa shape index (κ1) is 19.1. The Bertz CT molecular complexity index is 1140. The van der Waals surface area contributed by atoms with Crippen LogP contribution in [0.1, 0.15) is 12.0 Å². The monoisotopic (exact) mass is 424 g/mol. The molecule has 1 aromatic heterocycles. The minimum absolute atomic E-state index is 0.0664. The first-order chi connectivity index (χ1) is 13.3. The Morgan fingerprint density at radius 3 is 2.75 bits per heavy atom. The number of aromatic nitrogens is 2. The average molecular weight is 425 g/mol. The van der Waals surface area contributed by atoms with Crippen LogP contribution in [-0.2, 0) is 12.6 Å². The van der Waals surface area contributed by atoms with Gasteiger partial charge in [-0.1, -0.05) is 23.2 Å². The molecule has 5 nitrogen and oxygen atoms in total. The summed E-state index contributed by atoms with van der Waals surface area (Å²) < 4.78 is 31.2. The highest BCUT2D eigenvalue weighted by Gasteiger charge is 2.40. The second-order valence-electron chi connectivity index (χ2n) is 6.83. The largest absolute Gasteiger partial charge is 0.372 e. The lowest BCUT2D eigenvalue weighted by Gasteiger charge is -2.33. The maximum atomic E-state index is 15.2. The molecular formula is C19H16Cl2F2N4O. The van der Waals surface area contributed by atoms with Crippen LogP contribution in [0.5, 0.6) is 0 Å². The smallest absolute Gasteiger partial charge is 0.263 e. The number of hydrogen-bond donors (Lipinski definition) is 2. The summed E-state index contributed by atoms with van der Waals surface area (Å²) in [5.74, 6) is -1.28. The molecule has 4 rings (SSSR count). The summed E-state index contributed by atoms with van der Waals surface area (Å²) in [7, 11) is 1.50. The fourth-order valence-corrected chi connectivity index (χ4v) is 4.14. The number of aryl methyl sites for hydroxylation is 1. The molecule has 1 aliphatic rings. The van der Waals surface area contributed by atoms with Gasteiger partial charge in [-0.2, -0.15) is 0 Å². The zero-order valence-corrected chi connectivity index (χ0v) is 16.3. The minimum Gasteiger partial charge on any atom is -0.372 e. The van der Waals surface area contributed by atoms with Gasteiger partial charge in [0, 0.05) is 19.2 Å². The van der Waals surface area contributed by atoms with E-state index >= 15 is 4.39 Å². The van der Waals surface area contributed by atoms with Gasteiger partial charge in [0.1, 0.15) is 11.2 Å². The van der Waals surface area contributed by atoms with E-state index in [-0.39, 0.29) is 32.2 Å². The van der Waals surface area contributed by atoms with Gasteiger partial charge in [-0.05, 0) is 37.2 Å². The predicted octanol–water partition coefficient (Wildman–Crippen LogP) is 3.82. The second-order valence-corrected chi connectivity index (χ2v) is 7.62. The summed E-state index contributed by atoms with van der Waals surface area (Å²) in [5.41, 5.74) is -1.04. The lowest BCUT2D eigenvalue weighted by molar-refractivity contribution is 0.491. The van der Waals surface area contributed by atoms with Crippen molar-refractivity contribution in [1.29, 1.82) is 0 Å². The molecule has 3 aromatic rings. The van der Waals surface area contributed by atoms with Crippen molar-refractivity contribution in [2.75, 3.05) is 18.4 Å². The lowest BCUT2D eigenvalue weighted by Crippen LogP contribution is -2.39. The zero-order chi connectivity index (χ0) is 20.1. The van der Waals surface area contributed by atoms with Gasteiger partial charge < -0.3 is 15.2 Å². The molecule has 1 aliphatic heterocycles. The third kappa shape index (κ3) is 2.94. The molecular weight excluding hydrogens is 409 g/mol. The van der Waals surface area contributed by atoms with Gasteiger partial charge in [-0.15, -0.1) is 0 Å². The molecule has 0 amide bonds. The zero-order valence-electron chi connectivity index (χ0n) is 14.8. The lowest BCUT2D eigenvalue weighted by atomic mass is 9.87. The Hall–Kier alpha value is -2.22. The molecule has 9 heteroatoms. The predicted molar refractivity (Wildman–Crippen MR) is 106 cm³/mol. The summed E-state index contributed by atoms with van der Waals surface area (Å²) in [6.45, 7) is 0.889. The maximum absolute atomic E-state index is 15.2. The Balaban J connectivity index is 1.89. The molecule has 0 spiro atoms. The van der Waals surface area contributed by atoms with Crippen LogP contribution in [-0.4, -0.2) is 22.6 Å². The summed E-state index contributed by atoms with van der Waals surface area (Å²) >= 11 is 12.4. The van der Waals surface area contributed by atoms with E-state index in [1.165, 1.54) is 36.1 Å². The first-order valence-electron chi connectivity index (χ1n) is 8.61. The molecule has 28 heavy (non-hydrogen) atoms. The summed E-state index contributed by atoms with van der Waals surface area (Å²) in [4.78, 5) is 16.5. The molecule has 2 heterocycles. The van der Waals surface area contributed by atoms with E-state index in [1.54, 1.807) is 6.07 Å². The van der Waals surface area contributed by atoms with Crippen LogP contribution in [0.25, 0.3) is 10.9 Å². The van der Waals surface area contributed by atoms with Crippen molar-refractivity contribution in [2.24, 2.45) is 7.05 Å². The van der Waals surface area contributed by atoms with Gasteiger partial charge in [-0.3, -0.25) is 4.79 Å². The van der Waals surface area contributed by atoms with Crippen LogP contribution in [0.3, 0.4) is 0 Å². The van der Waals surface area contributed by atoms with E-state index < -0.39 is 22.7 Å². The van der Waals surface area contributed by atoms with Crippen molar-refractivity contribution in [2.45, 2.75) is 12.0 Å². The molecule has 1 atom stereocenters. The Morgan fingerprint density at radius 1 is 1.25 bits per heavy atom. The summed E-state index contributed by atoms with van der Waals surface area (Å²) in [6, 6.07) is 5.65. The van der Waals surface area contributed by atoms with Gasteiger partial charge in [0.15, 0.2) is 5.82 Å². The van der Waals surface area contributed by atoms with E-state index in [1.807, 2.05) is 0 Å². The van der Waals surface area contributed by atoms with Crippen LogP contribution in [0, 0.1) is 11.6 Å². The fraction of sp³-hybridized carbons (Fsp3) is 0.263. The van der Waals surface area contributed by atoms with Gasteiger partial charge >= 0.3 is 0 Å². The first-order valence-corrected chi connectivity index (χ1v) is 9.36. The third-order valence-electron chi connectivity index (χ3n) is 5.08. The highest BCUT2D eigenvalue weighted by atomic mass is 35.5. The molecule has 2 N–H and O–H groups in total. The highest BCUT2D eigenvalue weighted by Crippen LogP contribution is 2.41. The van der Waals surface area contributed by atoms with E-state index in [9.17, 15) is 9.18 Å². The van der Waals surface area contributed by atoms with Crippen molar-refractivity contribution < 1.29 is 8.78 Å². The molecule has 0 bridgehead atoms. The van der Waals surface area contributed by atoms with E-state index in [4.69, 9.17) is 23.2 Å². The van der Waals surface area contributed by atoms with Crippen molar-refractivity contribution in [1.82, 2.24) is 14.9 Å². The number of hydrogen-bond acceptors (Lipinski definition) is 4. The third-order valence-corrected chi connectivity index (χ3v) is 5.88. The normalized spacial score (nSPS) is 19.3. The molecule has 0 radical (unpaired) electrons. The number of benzene rings is 2. The molecule has 1 fully saturated rings. The highest BCUT2D eigenvalue weighted by molar-refractivity contribution is 6.42. The quantitative estimate of drug-likeness (QED) is 0.627. The second kappa shape index (κ2) is 6.99. The van der Waals surface area contributed by atoms with E-state index in [2.05, 4.69) is 15.6 Å². The molecule has 0 aliphatic carbocycles. The number of nitrogens with one attached hydrogen (secondary N) is 2. The number of nitrogens with zero attached hydrogens (tertiary/aromatic N) is 2. The van der Waals surface area contributed by atoms with Crippen LogP contribution in [0.4, 0.5) is 14.5 Å². The van der Waals surface area contributed by atoms with Gasteiger partial charge in [0.05, 0.1) is 33.1 Å². The number of fused-ring (bicyclic) bond motifs is 1. The van der Waals surface area contributed by atoms with Crippen molar-refractivity contribution in [3.63, 3.8) is 0 Å². The number of anilines is 1. The standard InChI is InChI=1S/C19H16Cl2F2N4O/c1-27-9-25-12-4-5-13(17(23)14(12)18(27)28)26-19(6-7-24-8-19)15-11(22)3-2-10(20)16(15)21/h2-5,9,24,26H,6-8H2,1H3/t19-/m0/s1. The number of rotatable bonds is 3. The van der Waals surface area contributed by atoms with Crippen molar-refractivity contribution >= 4 is 39.8 Å². The Morgan fingerprint density at radius 2 is 2.04 bits per heavy atom. The van der Waals surface area contributed by atoms with Gasteiger partial charge in [-0.25, -0.2) is 13.8 Å². The summed E-state index contributed by atoms with van der Waals surface area (Å²) in [6.07, 6.45) is 1.78. The average Bonchev–Trinajstić information content (AvgIpc) is 3.13. The van der Waals surface area contributed by atoms with Crippen LogP contribution >= 0.6 is 23.2 Å². The van der Waals surface area contributed by atoms with Crippen molar-refractivity contribution in [3.05, 3.63) is 68.2 Å². The van der Waals surface area contributed by atoms with E-state index in [0.717, 1.165) is 0 Å².